The van der Waals surface area contributed by atoms with Crippen LogP contribution in [0.2, 0.25) is 0 Å². The summed E-state index contributed by atoms with van der Waals surface area (Å²) in [7, 11) is 3.79. The highest BCUT2D eigenvalue weighted by Gasteiger charge is 2.32. The van der Waals surface area contributed by atoms with Gasteiger partial charge in [0.25, 0.3) is 0 Å². The van der Waals surface area contributed by atoms with Crippen molar-refractivity contribution in [3.05, 3.63) is 11.9 Å². The third-order valence-corrected chi connectivity index (χ3v) is 3.74. The van der Waals surface area contributed by atoms with Gasteiger partial charge in [-0.1, -0.05) is 13.3 Å². The minimum absolute atomic E-state index is 0.545. The average Bonchev–Trinajstić information content (AvgIpc) is 2.94. The molecule has 4 nitrogen and oxygen atoms in total. The number of nitrogens with zero attached hydrogens (tertiary/aromatic N) is 2. The van der Waals surface area contributed by atoms with Gasteiger partial charge in [0, 0.05) is 18.5 Å². The molecule has 1 aromatic heterocycles. The number of rotatable bonds is 5. The zero-order valence-corrected chi connectivity index (χ0v) is 11.1. The van der Waals surface area contributed by atoms with Gasteiger partial charge in [0.15, 0.2) is 5.75 Å². The van der Waals surface area contributed by atoms with E-state index in [0.29, 0.717) is 12.0 Å². The van der Waals surface area contributed by atoms with Crippen molar-refractivity contribution in [2.45, 2.75) is 51.1 Å². The standard InChI is InChI=1S/C13H23N3O/c1-4-8-16-13(12(17-3)9-15-16)10-6-5-7-11(10)14-2/h9-11,14H,4-8H2,1-3H3. The van der Waals surface area contributed by atoms with E-state index >= 15 is 0 Å². The monoisotopic (exact) mass is 237 g/mol. The van der Waals surface area contributed by atoms with Gasteiger partial charge >= 0.3 is 0 Å². The van der Waals surface area contributed by atoms with Crippen molar-refractivity contribution in [2.75, 3.05) is 14.2 Å². The normalized spacial score (nSPS) is 24.2. The predicted molar refractivity (Wildman–Crippen MR) is 68.5 cm³/mol. The topological polar surface area (TPSA) is 39.1 Å². The van der Waals surface area contributed by atoms with Gasteiger partial charge < -0.3 is 10.1 Å². The number of aromatic nitrogens is 2. The molecule has 0 radical (unpaired) electrons. The van der Waals surface area contributed by atoms with Crippen LogP contribution in [0.1, 0.15) is 44.2 Å². The van der Waals surface area contributed by atoms with Crippen LogP contribution in [-0.4, -0.2) is 30.0 Å². The molecule has 4 heteroatoms. The van der Waals surface area contributed by atoms with E-state index in [1.165, 1.54) is 25.0 Å². The smallest absolute Gasteiger partial charge is 0.160 e. The minimum atomic E-state index is 0.545. The second-order valence-corrected chi connectivity index (χ2v) is 4.75. The Labute approximate surface area is 103 Å². The summed E-state index contributed by atoms with van der Waals surface area (Å²) in [6.07, 6.45) is 6.74. The number of methoxy groups -OCH3 is 1. The molecule has 0 aliphatic heterocycles. The van der Waals surface area contributed by atoms with Crippen LogP contribution in [0.25, 0.3) is 0 Å². The molecule has 1 N–H and O–H groups in total. The quantitative estimate of drug-likeness (QED) is 0.853. The van der Waals surface area contributed by atoms with E-state index in [1.54, 1.807) is 7.11 Å². The molecule has 1 heterocycles. The molecule has 1 aliphatic carbocycles. The molecule has 2 atom stereocenters. The molecular formula is C13H23N3O. The van der Waals surface area contributed by atoms with E-state index in [2.05, 4.69) is 29.1 Å². The molecule has 1 aromatic rings. The van der Waals surface area contributed by atoms with Crippen molar-refractivity contribution >= 4 is 0 Å². The summed E-state index contributed by atoms with van der Waals surface area (Å²) in [6, 6.07) is 0.566. The molecule has 0 amide bonds. The molecule has 2 unspecified atom stereocenters. The maximum absolute atomic E-state index is 5.47. The number of ether oxygens (including phenoxy) is 1. The molecule has 0 aromatic carbocycles. The summed E-state index contributed by atoms with van der Waals surface area (Å²) in [4.78, 5) is 0. The third kappa shape index (κ3) is 2.32. The first-order valence-corrected chi connectivity index (χ1v) is 6.58. The van der Waals surface area contributed by atoms with Crippen molar-refractivity contribution in [3.63, 3.8) is 0 Å². The Morgan fingerprint density at radius 1 is 1.53 bits per heavy atom. The molecule has 1 aliphatic rings. The zero-order chi connectivity index (χ0) is 12.3. The van der Waals surface area contributed by atoms with E-state index < -0.39 is 0 Å². The summed E-state index contributed by atoms with van der Waals surface area (Å²) >= 11 is 0. The van der Waals surface area contributed by atoms with Gasteiger partial charge in [-0.15, -0.1) is 0 Å². The highest BCUT2D eigenvalue weighted by Crippen LogP contribution is 2.38. The fraction of sp³-hybridized carbons (Fsp3) is 0.769. The molecule has 96 valence electrons. The SMILES string of the molecule is CCCn1ncc(OC)c1C1CCCC1NC. The number of hydrogen-bond acceptors (Lipinski definition) is 3. The second kappa shape index (κ2) is 5.54. The maximum Gasteiger partial charge on any atom is 0.160 e. The van der Waals surface area contributed by atoms with Gasteiger partial charge in [0.1, 0.15) is 0 Å². The first kappa shape index (κ1) is 12.4. The van der Waals surface area contributed by atoms with E-state index in [0.717, 1.165) is 18.7 Å². The Morgan fingerprint density at radius 3 is 3.00 bits per heavy atom. The van der Waals surface area contributed by atoms with Crippen LogP contribution in [0.3, 0.4) is 0 Å². The summed E-state index contributed by atoms with van der Waals surface area (Å²) in [6.45, 7) is 3.16. The van der Waals surface area contributed by atoms with Gasteiger partial charge in [-0.2, -0.15) is 5.10 Å². The molecule has 2 rings (SSSR count). The minimum Gasteiger partial charge on any atom is -0.493 e. The molecule has 0 spiro atoms. The fourth-order valence-corrected chi connectivity index (χ4v) is 2.93. The van der Waals surface area contributed by atoms with Crippen LogP contribution in [0.4, 0.5) is 0 Å². The second-order valence-electron chi connectivity index (χ2n) is 4.75. The van der Waals surface area contributed by atoms with Crippen molar-refractivity contribution in [3.8, 4) is 5.75 Å². The summed E-state index contributed by atoms with van der Waals surface area (Å²) in [5.74, 6) is 1.50. The molecule has 1 saturated carbocycles. The number of aryl methyl sites for hydroxylation is 1. The Hall–Kier alpha value is -1.03. The van der Waals surface area contributed by atoms with Crippen LogP contribution >= 0.6 is 0 Å². The van der Waals surface area contributed by atoms with E-state index in [4.69, 9.17) is 4.74 Å². The lowest BCUT2D eigenvalue weighted by Crippen LogP contribution is -2.29. The lowest BCUT2D eigenvalue weighted by molar-refractivity contribution is 0.391. The third-order valence-electron chi connectivity index (χ3n) is 3.74. The highest BCUT2D eigenvalue weighted by molar-refractivity contribution is 5.31. The Kier molecular flexibility index (Phi) is 4.05. The fourth-order valence-electron chi connectivity index (χ4n) is 2.93. The lowest BCUT2D eigenvalue weighted by Gasteiger charge is -2.21. The Bertz CT molecular complexity index is 362. The lowest BCUT2D eigenvalue weighted by atomic mass is 9.99. The first-order valence-electron chi connectivity index (χ1n) is 6.58. The van der Waals surface area contributed by atoms with E-state index in [9.17, 15) is 0 Å². The average molecular weight is 237 g/mol. The van der Waals surface area contributed by atoms with Crippen LogP contribution in [0, 0.1) is 0 Å². The molecule has 1 fully saturated rings. The van der Waals surface area contributed by atoms with Gasteiger partial charge in [0.2, 0.25) is 0 Å². The Morgan fingerprint density at radius 2 is 2.35 bits per heavy atom. The van der Waals surface area contributed by atoms with Crippen LogP contribution < -0.4 is 10.1 Å². The summed E-state index contributed by atoms with van der Waals surface area (Å²) in [5, 5.41) is 7.88. The van der Waals surface area contributed by atoms with E-state index in [1.807, 2.05) is 6.20 Å². The summed E-state index contributed by atoms with van der Waals surface area (Å²) < 4.78 is 7.59. The summed E-state index contributed by atoms with van der Waals surface area (Å²) in [5.41, 5.74) is 1.28. The maximum atomic E-state index is 5.47. The van der Waals surface area contributed by atoms with Crippen LogP contribution in [0.15, 0.2) is 6.20 Å². The van der Waals surface area contributed by atoms with Gasteiger partial charge in [-0.05, 0) is 26.3 Å². The van der Waals surface area contributed by atoms with Crippen molar-refractivity contribution in [1.29, 1.82) is 0 Å². The number of nitrogens with one attached hydrogen (secondary N) is 1. The van der Waals surface area contributed by atoms with E-state index in [-0.39, 0.29) is 0 Å². The molecule has 17 heavy (non-hydrogen) atoms. The number of hydrogen-bond donors (Lipinski definition) is 1. The Balaban J connectivity index is 2.30. The van der Waals surface area contributed by atoms with Crippen molar-refractivity contribution < 1.29 is 4.74 Å². The van der Waals surface area contributed by atoms with Gasteiger partial charge in [-0.3, -0.25) is 4.68 Å². The predicted octanol–water partition coefficient (Wildman–Crippen LogP) is 2.16. The molecule has 0 saturated heterocycles. The zero-order valence-electron chi connectivity index (χ0n) is 11.1. The van der Waals surface area contributed by atoms with Gasteiger partial charge in [0.05, 0.1) is 19.0 Å². The number of likely N-dealkylation sites (N-methyl/N-ethyl adjacent to an activating group) is 1. The molecular weight excluding hydrogens is 214 g/mol. The van der Waals surface area contributed by atoms with Crippen LogP contribution in [-0.2, 0) is 6.54 Å². The first-order chi connectivity index (χ1) is 8.31. The molecule has 0 bridgehead atoms. The van der Waals surface area contributed by atoms with Gasteiger partial charge in [-0.25, -0.2) is 0 Å². The largest absolute Gasteiger partial charge is 0.493 e. The van der Waals surface area contributed by atoms with Crippen molar-refractivity contribution in [1.82, 2.24) is 15.1 Å². The highest BCUT2D eigenvalue weighted by atomic mass is 16.5. The van der Waals surface area contributed by atoms with Crippen LogP contribution in [0.5, 0.6) is 5.75 Å². The van der Waals surface area contributed by atoms with Crippen molar-refractivity contribution in [2.24, 2.45) is 0 Å².